The summed E-state index contributed by atoms with van der Waals surface area (Å²) in [5.74, 6) is -1.01. The fraction of sp³-hybridized carbons (Fsp3) is 0.273. The smallest absolute Gasteiger partial charge is 0.271 e. The molecule has 0 aromatic heterocycles. The summed E-state index contributed by atoms with van der Waals surface area (Å²) in [7, 11) is 0. The number of benzene rings is 1. The van der Waals surface area contributed by atoms with Crippen LogP contribution in [0.25, 0.3) is 0 Å². The highest BCUT2D eigenvalue weighted by atomic mass is 35.5. The summed E-state index contributed by atoms with van der Waals surface area (Å²) >= 11 is 11.6. The van der Waals surface area contributed by atoms with Gasteiger partial charge in [0.1, 0.15) is 0 Å². The van der Waals surface area contributed by atoms with Gasteiger partial charge >= 0.3 is 0 Å². The van der Waals surface area contributed by atoms with Crippen molar-refractivity contribution >= 4 is 35.0 Å². The monoisotopic (exact) mass is 274 g/mol. The van der Waals surface area contributed by atoms with Gasteiger partial charge in [-0.3, -0.25) is 20.4 Å². The number of hydrazine groups is 1. The molecule has 0 atom stereocenters. The highest BCUT2D eigenvalue weighted by Crippen LogP contribution is 2.20. The average Bonchev–Trinajstić information content (AvgIpc) is 2.28. The SMILES string of the molecule is CC(C)C(=O)NNC(=O)c1cc(Cl)ccc1Cl. The van der Waals surface area contributed by atoms with E-state index in [1.165, 1.54) is 12.1 Å². The van der Waals surface area contributed by atoms with Crippen molar-refractivity contribution in [2.45, 2.75) is 13.8 Å². The lowest BCUT2D eigenvalue weighted by atomic mass is 10.2. The molecule has 0 spiro atoms. The van der Waals surface area contributed by atoms with Gasteiger partial charge in [0.05, 0.1) is 10.6 Å². The van der Waals surface area contributed by atoms with Crippen LogP contribution in [0.3, 0.4) is 0 Å². The standard InChI is InChI=1S/C11H12Cl2N2O2/c1-6(2)10(16)14-15-11(17)8-5-7(12)3-4-9(8)13/h3-6H,1-2H3,(H,14,16)(H,15,17). The van der Waals surface area contributed by atoms with Gasteiger partial charge in [-0.05, 0) is 18.2 Å². The van der Waals surface area contributed by atoms with E-state index in [4.69, 9.17) is 23.2 Å². The van der Waals surface area contributed by atoms with Gasteiger partial charge in [0.2, 0.25) is 5.91 Å². The zero-order chi connectivity index (χ0) is 13.0. The maximum Gasteiger partial charge on any atom is 0.271 e. The van der Waals surface area contributed by atoms with Crippen LogP contribution < -0.4 is 10.9 Å². The highest BCUT2D eigenvalue weighted by molar-refractivity contribution is 6.35. The Bertz CT molecular complexity index is 447. The van der Waals surface area contributed by atoms with Crippen LogP contribution >= 0.6 is 23.2 Å². The van der Waals surface area contributed by atoms with Crippen molar-refractivity contribution in [2.75, 3.05) is 0 Å². The van der Waals surface area contributed by atoms with Gasteiger partial charge in [-0.2, -0.15) is 0 Å². The Hall–Kier alpha value is -1.26. The number of carbonyl (C=O) groups excluding carboxylic acids is 2. The van der Waals surface area contributed by atoms with Gasteiger partial charge in [0.15, 0.2) is 0 Å². The van der Waals surface area contributed by atoms with E-state index in [-0.39, 0.29) is 22.4 Å². The molecule has 2 N–H and O–H groups in total. The lowest BCUT2D eigenvalue weighted by molar-refractivity contribution is -0.124. The summed E-state index contributed by atoms with van der Waals surface area (Å²) in [4.78, 5) is 22.9. The molecular formula is C11H12Cl2N2O2. The molecule has 0 radical (unpaired) electrons. The Balaban J connectivity index is 2.70. The third kappa shape index (κ3) is 3.91. The summed E-state index contributed by atoms with van der Waals surface area (Å²) in [6.07, 6.45) is 0. The van der Waals surface area contributed by atoms with Gasteiger partial charge in [0.25, 0.3) is 5.91 Å². The Morgan fingerprint density at radius 3 is 2.41 bits per heavy atom. The molecule has 0 bridgehead atoms. The van der Waals surface area contributed by atoms with Gasteiger partial charge in [0, 0.05) is 10.9 Å². The van der Waals surface area contributed by atoms with Gasteiger partial charge in [-0.15, -0.1) is 0 Å². The first-order valence-corrected chi connectivity index (χ1v) is 5.72. The lowest BCUT2D eigenvalue weighted by Crippen LogP contribution is -2.43. The van der Waals surface area contributed by atoms with E-state index >= 15 is 0 Å². The number of hydrogen-bond acceptors (Lipinski definition) is 2. The third-order valence-corrected chi connectivity index (χ3v) is 2.56. The second-order valence-electron chi connectivity index (χ2n) is 3.72. The predicted octanol–water partition coefficient (Wildman–Crippen LogP) is 2.41. The second kappa shape index (κ2) is 5.89. The molecule has 0 aliphatic rings. The molecule has 92 valence electrons. The highest BCUT2D eigenvalue weighted by Gasteiger charge is 2.13. The van der Waals surface area contributed by atoms with E-state index in [0.717, 1.165) is 0 Å². The normalized spacial score (nSPS) is 10.2. The van der Waals surface area contributed by atoms with E-state index < -0.39 is 5.91 Å². The quantitative estimate of drug-likeness (QED) is 0.814. The van der Waals surface area contributed by atoms with Gasteiger partial charge < -0.3 is 0 Å². The molecule has 2 amide bonds. The summed E-state index contributed by atoms with van der Waals surface area (Å²) in [6, 6.07) is 4.52. The minimum Gasteiger partial charge on any atom is -0.273 e. The zero-order valence-electron chi connectivity index (χ0n) is 9.38. The molecule has 6 heteroatoms. The first kappa shape index (κ1) is 13.8. The molecule has 0 saturated heterocycles. The molecule has 0 aliphatic heterocycles. The van der Waals surface area contributed by atoms with Crippen LogP contribution in [0.5, 0.6) is 0 Å². The number of hydrogen-bond donors (Lipinski definition) is 2. The van der Waals surface area contributed by atoms with Crippen LogP contribution in [0.1, 0.15) is 24.2 Å². The first-order valence-electron chi connectivity index (χ1n) is 4.97. The number of halogens is 2. The molecule has 1 rings (SSSR count). The molecule has 17 heavy (non-hydrogen) atoms. The minimum atomic E-state index is -0.508. The maximum absolute atomic E-state index is 11.7. The summed E-state index contributed by atoms with van der Waals surface area (Å²) in [6.45, 7) is 3.43. The summed E-state index contributed by atoms with van der Waals surface area (Å²) < 4.78 is 0. The first-order chi connectivity index (χ1) is 7.91. The second-order valence-corrected chi connectivity index (χ2v) is 4.57. The van der Waals surface area contributed by atoms with Crippen molar-refractivity contribution in [3.05, 3.63) is 33.8 Å². The molecule has 0 saturated carbocycles. The molecule has 0 aliphatic carbocycles. The summed E-state index contributed by atoms with van der Waals surface area (Å²) in [5.41, 5.74) is 4.76. The zero-order valence-corrected chi connectivity index (χ0v) is 10.9. The van der Waals surface area contributed by atoms with Crippen LogP contribution in [0.2, 0.25) is 10.0 Å². The van der Waals surface area contributed by atoms with E-state index in [1.807, 2.05) is 0 Å². The molecule has 0 fully saturated rings. The molecule has 1 aromatic carbocycles. The van der Waals surface area contributed by atoms with Crippen molar-refractivity contribution in [1.29, 1.82) is 0 Å². The Morgan fingerprint density at radius 2 is 1.82 bits per heavy atom. The lowest BCUT2D eigenvalue weighted by Gasteiger charge is -2.10. The van der Waals surface area contributed by atoms with Gasteiger partial charge in [-0.1, -0.05) is 37.0 Å². The number of amides is 2. The predicted molar refractivity (Wildman–Crippen MR) is 66.9 cm³/mol. The molecule has 1 aromatic rings. The molecule has 4 nitrogen and oxygen atoms in total. The number of rotatable bonds is 2. The van der Waals surface area contributed by atoms with Crippen LogP contribution in [-0.4, -0.2) is 11.8 Å². The largest absolute Gasteiger partial charge is 0.273 e. The van der Waals surface area contributed by atoms with E-state index in [1.54, 1.807) is 19.9 Å². The van der Waals surface area contributed by atoms with Gasteiger partial charge in [-0.25, -0.2) is 0 Å². The van der Waals surface area contributed by atoms with Crippen molar-refractivity contribution in [1.82, 2.24) is 10.9 Å². The van der Waals surface area contributed by atoms with Crippen molar-refractivity contribution in [2.24, 2.45) is 5.92 Å². The van der Waals surface area contributed by atoms with E-state index in [2.05, 4.69) is 10.9 Å². The molecule has 0 unspecified atom stereocenters. The number of carbonyl (C=O) groups is 2. The Labute approximate surface area is 109 Å². The minimum absolute atomic E-state index is 0.211. The number of nitrogens with one attached hydrogen (secondary N) is 2. The summed E-state index contributed by atoms with van der Waals surface area (Å²) in [5, 5.41) is 0.667. The third-order valence-electron chi connectivity index (χ3n) is 2.00. The van der Waals surface area contributed by atoms with Crippen LogP contribution in [0.4, 0.5) is 0 Å². The fourth-order valence-electron chi connectivity index (χ4n) is 1.00. The van der Waals surface area contributed by atoms with Crippen molar-refractivity contribution < 1.29 is 9.59 Å². The van der Waals surface area contributed by atoms with E-state index in [9.17, 15) is 9.59 Å². The molecule has 0 heterocycles. The Morgan fingerprint density at radius 1 is 1.18 bits per heavy atom. The fourth-order valence-corrected chi connectivity index (χ4v) is 1.38. The van der Waals surface area contributed by atoms with Crippen molar-refractivity contribution in [3.63, 3.8) is 0 Å². The Kier molecular flexibility index (Phi) is 4.78. The van der Waals surface area contributed by atoms with Crippen LogP contribution in [0.15, 0.2) is 18.2 Å². The maximum atomic E-state index is 11.7. The van der Waals surface area contributed by atoms with Crippen LogP contribution in [0, 0.1) is 5.92 Å². The van der Waals surface area contributed by atoms with E-state index in [0.29, 0.717) is 5.02 Å². The topological polar surface area (TPSA) is 58.2 Å². The van der Waals surface area contributed by atoms with Crippen LogP contribution in [-0.2, 0) is 4.79 Å². The average molecular weight is 275 g/mol. The van der Waals surface area contributed by atoms with Crippen molar-refractivity contribution in [3.8, 4) is 0 Å². The molecular weight excluding hydrogens is 263 g/mol.